The summed E-state index contributed by atoms with van der Waals surface area (Å²) < 4.78 is 1.65. The molecule has 0 bridgehead atoms. The Kier molecular flexibility index (Phi) is 5.38. The van der Waals surface area contributed by atoms with E-state index in [1.165, 1.54) is 11.8 Å². The third-order valence-corrected chi connectivity index (χ3v) is 5.67. The topological polar surface area (TPSA) is 123 Å². The number of nitrogens with one attached hydrogen (secondary N) is 1. The lowest BCUT2D eigenvalue weighted by Gasteiger charge is -2.14. The number of aromatic nitrogens is 6. The minimum absolute atomic E-state index is 0.175. The summed E-state index contributed by atoms with van der Waals surface area (Å²) in [5, 5.41) is 16.1. The predicted octanol–water partition coefficient (Wildman–Crippen LogP) is 2.65. The van der Waals surface area contributed by atoms with E-state index in [0.29, 0.717) is 16.6 Å². The average molecular weight is 443 g/mol. The second-order valence-corrected chi connectivity index (χ2v) is 7.90. The van der Waals surface area contributed by atoms with Gasteiger partial charge in [-0.1, -0.05) is 48.2 Å². The number of aliphatic imine (C=N–C) groups is 2. The molecule has 2 aromatic heterocycles. The van der Waals surface area contributed by atoms with Gasteiger partial charge < -0.3 is 0 Å². The average Bonchev–Trinajstić information content (AvgIpc) is 3.27. The van der Waals surface area contributed by atoms with E-state index in [1.807, 2.05) is 61.5 Å². The number of hydrogen-bond donors (Lipinski definition) is 1. The minimum Gasteiger partial charge on any atom is -0.294 e. The first-order valence-corrected chi connectivity index (χ1v) is 10.8. The number of rotatable bonds is 5. The zero-order valence-electron chi connectivity index (χ0n) is 17.0. The highest BCUT2D eigenvalue weighted by Gasteiger charge is 2.19. The second kappa shape index (κ2) is 8.63. The van der Waals surface area contributed by atoms with E-state index in [4.69, 9.17) is 0 Å². The number of nitrogens with zero attached hydrogens (tertiary/aromatic N) is 8. The number of amides is 1. The van der Waals surface area contributed by atoms with E-state index in [-0.39, 0.29) is 24.2 Å². The summed E-state index contributed by atoms with van der Waals surface area (Å²) in [7, 11) is 0. The normalized spacial score (nSPS) is 15.1. The highest BCUT2D eigenvalue weighted by molar-refractivity contribution is 7.99. The van der Waals surface area contributed by atoms with Gasteiger partial charge in [-0.3, -0.25) is 10.1 Å². The minimum atomic E-state index is -0.186. The Hall–Kier alpha value is -3.99. The Bertz CT molecular complexity index is 1360. The van der Waals surface area contributed by atoms with Crippen LogP contribution in [0.1, 0.15) is 12.1 Å². The molecule has 0 saturated heterocycles. The number of carbonyl (C=O) groups is 1. The maximum absolute atomic E-state index is 12.2. The van der Waals surface area contributed by atoms with Crippen molar-refractivity contribution in [1.82, 2.24) is 35.5 Å². The number of guanidine groups is 1. The Morgan fingerprint density at radius 1 is 1.09 bits per heavy atom. The van der Waals surface area contributed by atoms with Crippen molar-refractivity contribution in [2.24, 2.45) is 9.98 Å². The molecule has 0 spiro atoms. The first-order valence-electron chi connectivity index (χ1n) is 9.81. The lowest BCUT2D eigenvalue weighted by Crippen LogP contribution is -2.36. The number of aryl methyl sites for hydroxylation is 1. The van der Waals surface area contributed by atoms with Crippen LogP contribution in [0, 0.1) is 6.92 Å². The van der Waals surface area contributed by atoms with Crippen LogP contribution < -0.4 is 5.32 Å². The number of para-hydroxylation sites is 2. The number of tetrazole rings is 1. The summed E-state index contributed by atoms with van der Waals surface area (Å²) in [6.07, 6.45) is 0.177. The van der Waals surface area contributed by atoms with Crippen LogP contribution in [0.4, 0.5) is 5.95 Å². The van der Waals surface area contributed by atoms with E-state index in [1.54, 1.807) is 4.68 Å². The molecule has 0 fully saturated rings. The number of carbonyl (C=O) groups excluding carboxylic acids is 1. The maximum atomic E-state index is 12.2. The van der Waals surface area contributed by atoms with Gasteiger partial charge in [-0.25, -0.2) is 15.0 Å². The van der Waals surface area contributed by atoms with Crippen LogP contribution in [-0.4, -0.2) is 53.5 Å². The van der Waals surface area contributed by atoms with Crippen molar-refractivity contribution in [2.45, 2.75) is 18.5 Å². The summed E-state index contributed by atoms with van der Waals surface area (Å²) in [5.41, 5.74) is 3.12. The maximum Gasteiger partial charge on any atom is 0.253 e. The highest BCUT2D eigenvalue weighted by Crippen LogP contribution is 2.20. The molecule has 0 unspecified atom stereocenters. The fourth-order valence-corrected chi connectivity index (χ4v) is 4.04. The van der Waals surface area contributed by atoms with E-state index in [2.05, 4.69) is 40.8 Å². The van der Waals surface area contributed by atoms with Crippen molar-refractivity contribution in [2.75, 3.05) is 5.75 Å². The fourth-order valence-electron chi connectivity index (χ4n) is 3.22. The molecular formula is C21H17N9OS. The monoisotopic (exact) mass is 443 g/mol. The SMILES string of the molecule is Cc1nc(N=C2N=C(CSc3nnnn3-c3ccccc3)CC(=O)N2)nc2ccccc12. The molecule has 11 heteroatoms. The summed E-state index contributed by atoms with van der Waals surface area (Å²) >= 11 is 1.40. The molecular weight excluding hydrogens is 426 g/mol. The lowest BCUT2D eigenvalue weighted by atomic mass is 10.2. The number of fused-ring (bicyclic) bond motifs is 1. The first kappa shape index (κ1) is 19.9. The lowest BCUT2D eigenvalue weighted by molar-refractivity contribution is -0.118. The van der Waals surface area contributed by atoms with Crippen LogP contribution >= 0.6 is 11.8 Å². The molecule has 32 heavy (non-hydrogen) atoms. The summed E-state index contributed by atoms with van der Waals surface area (Å²) in [5.74, 6) is 0.683. The van der Waals surface area contributed by atoms with Gasteiger partial charge in [0.05, 0.1) is 23.3 Å². The van der Waals surface area contributed by atoms with Crippen LogP contribution in [0.15, 0.2) is 69.7 Å². The molecule has 1 N–H and O–H groups in total. The molecule has 3 heterocycles. The van der Waals surface area contributed by atoms with Crippen LogP contribution in [-0.2, 0) is 4.79 Å². The standard InChI is InChI=1S/C21H17N9OS/c1-13-16-9-5-6-10-17(16)24-19(22-13)26-20-23-14(11-18(31)25-20)12-32-21-27-28-29-30(21)15-7-3-2-4-8-15/h2-10H,11-12H2,1H3,(H,22,24,25,26,31). The molecule has 5 rings (SSSR count). The zero-order chi connectivity index (χ0) is 21.9. The van der Waals surface area contributed by atoms with Crippen LogP contribution in [0.2, 0.25) is 0 Å². The molecule has 0 atom stereocenters. The molecule has 1 amide bonds. The Morgan fingerprint density at radius 3 is 2.78 bits per heavy atom. The molecule has 0 radical (unpaired) electrons. The largest absolute Gasteiger partial charge is 0.294 e. The number of hydrogen-bond acceptors (Lipinski definition) is 8. The quantitative estimate of drug-likeness (QED) is 0.470. The van der Waals surface area contributed by atoms with Crippen molar-refractivity contribution in [3.05, 3.63) is 60.3 Å². The van der Waals surface area contributed by atoms with Crippen LogP contribution in [0.5, 0.6) is 0 Å². The second-order valence-electron chi connectivity index (χ2n) is 6.96. The van der Waals surface area contributed by atoms with Crippen molar-refractivity contribution < 1.29 is 4.79 Å². The van der Waals surface area contributed by atoms with Crippen molar-refractivity contribution >= 4 is 46.2 Å². The molecule has 2 aromatic carbocycles. The molecule has 4 aromatic rings. The summed E-state index contributed by atoms with van der Waals surface area (Å²) in [4.78, 5) is 30.0. The van der Waals surface area contributed by atoms with Crippen molar-refractivity contribution in [3.8, 4) is 5.69 Å². The summed E-state index contributed by atoms with van der Waals surface area (Å²) in [6, 6.07) is 17.3. The number of benzene rings is 2. The Balaban J connectivity index is 1.38. The van der Waals surface area contributed by atoms with Crippen molar-refractivity contribution in [1.29, 1.82) is 0 Å². The summed E-state index contributed by atoms with van der Waals surface area (Å²) in [6.45, 7) is 1.90. The van der Waals surface area contributed by atoms with E-state index in [9.17, 15) is 4.79 Å². The van der Waals surface area contributed by atoms with Gasteiger partial charge in [-0.15, -0.1) is 5.10 Å². The fraction of sp³-hybridized carbons (Fsp3) is 0.143. The molecule has 10 nitrogen and oxygen atoms in total. The first-order chi connectivity index (χ1) is 15.7. The smallest absolute Gasteiger partial charge is 0.253 e. The van der Waals surface area contributed by atoms with Gasteiger partial charge in [0.1, 0.15) is 0 Å². The zero-order valence-corrected chi connectivity index (χ0v) is 17.8. The van der Waals surface area contributed by atoms with E-state index >= 15 is 0 Å². The van der Waals surface area contributed by atoms with Gasteiger partial charge in [0.2, 0.25) is 17.0 Å². The van der Waals surface area contributed by atoms with Gasteiger partial charge in [0.25, 0.3) is 5.95 Å². The number of thioether (sulfide) groups is 1. The molecule has 1 aliphatic rings. The van der Waals surface area contributed by atoms with Gasteiger partial charge in [0, 0.05) is 16.9 Å². The molecule has 158 valence electrons. The van der Waals surface area contributed by atoms with Crippen molar-refractivity contribution in [3.63, 3.8) is 0 Å². The molecule has 1 aliphatic heterocycles. The molecule has 0 aliphatic carbocycles. The van der Waals surface area contributed by atoms with E-state index in [0.717, 1.165) is 22.3 Å². The third kappa shape index (κ3) is 4.23. The van der Waals surface area contributed by atoms with Gasteiger partial charge in [0.15, 0.2) is 0 Å². The highest BCUT2D eigenvalue weighted by atomic mass is 32.2. The molecule has 0 saturated carbocycles. The van der Waals surface area contributed by atoms with Crippen LogP contribution in [0.3, 0.4) is 0 Å². The van der Waals surface area contributed by atoms with Crippen LogP contribution in [0.25, 0.3) is 16.6 Å². The van der Waals surface area contributed by atoms with Gasteiger partial charge >= 0.3 is 0 Å². The third-order valence-electron chi connectivity index (χ3n) is 4.68. The Morgan fingerprint density at radius 2 is 1.91 bits per heavy atom. The Labute approximate surface area is 186 Å². The van der Waals surface area contributed by atoms with Gasteiger partial charge in [-0.2, -0.15) is 9.67 Å². The predicted molar refractivity (Wildman–Crippen MR) is 121 cm³/mol. The van der Waals surface area contributed by atoms with Gasteiger partial charge in [-0.05, 0) is 35.5 Å². The van der Waals surface area contributed by atoms with E-state index < -0.39 is 0 Å².